The molecule has 5 heteroatoms. The maximum Gasteiger partial charge on any atom is 0.130 e. The number of allylic oxidation sites excluding steroid dienone is 2. The van der Waals surface area contributed by atoms with Gasteiger partial charge >= 0.3 is 0 Å². The lowest BCUT2D eigenvalue weighted by molar-refractivity contribution is 0.407. The normalized spacial score (nSPS) is 27.9. The minimum atomic E-state index is 0.132. The van der Waals surface area contributed by atoms with E-state index in [1.165, 1.54) is 28.8 Å². The summed E-state index contributed by atoms with van der Waals surface area (Å²) >= 11 is 0. The van der Waals surface area contributed by atoms with Gasteiger partial charge in [-0.05, 0) is 81.2 Å². The van der Waals surface area contributed by atoms with Gasteiger partial charge in [0.05, 0.1) is 11.8 Å². The maximum atomic E-state index is 5.16. The molecule has 2 aliphatic heterocycles. The summed E-state index contributed by atoms with van der Waals surface area (Å²) in [5, 5.41) is 0. The number of hydrogen-bond acceptors (Lipinski definition) is 5. The number of benzene rings is 1. The van der Waals surface area contributed by atoms with Crippen LogP contribution in [0.3, 0.4) is 0 Å². The Labute approximate surface area is 226 Å². The Balaban J connectivity index is 2.10. The second kappa shape index (κ2) is 13.1. The van der Waals surface area contributed by atoms with Gasteiger partial charge in [0, 0.05) is 63.4 Å². The SMILES string of the molecule is C=C1c2cc(CC)ccc2CCCN(C)/C(C)=C/C(N2CC[C@H](C)C2)=N\C(C)=C\C(=N/C)C(CC)N1C. The van der Waals surface area contributed by atoms with Crippen LogP contribution in [0.4, 0.5) is 0 Å². The van der Waals surface area contributed by atoms with E-state index in [0.717, 1.165) is 68.3 Å². The van der Waals surface area contributed by atoms with E-state index < -0.39 is 0 Å². The van der Waals surface area contributed by atoms with Gasteiger partial charge in [0.15, 0.2) is 0 Å². The second-order valence-corrected chi connectivity index (χ2v) is 10.9. The second-order valence-electron chi connectivity index (χ2n) is 10.9. The molecular formula is C32H49N5. The van der Waals surface area contributed by atoms with E-state index in [4.69, 9.17) is 9.98 Å². The molecule has 2 heterocycles. The largest absolute Gasteiger partial charge is 0.378 e. The van der Waals surface area contributed by atoms with Crippen molar-refractivity contribution in [2.24, 2.45) is 15.9 Å². The van der Waals surface area contributed by atoms with Crippen molar-refractivity contribution in [3.8, 4) is 0 Å². The number of rotatable bonds is 2. The fraction of sp³-hybridized carbons (Fsp3) is 0.562. The molecule has 37 heavy (non-hydrogen) atoms. The first-order valence-corrected chi connectivity index (χ1v) is 14.1. The van der Waals surface area contributed by atoms with Gasteiger partial charge < -0.3 is 14.7 Å². The summed E-state index contributed by atoms with van der Waals surface area (Å²) < 4.78 is 0. The van der Waals surface area contributed by atoms with E-state index in [-0.39, 0.29) is 6.04 Å². The highest BCUT2D eigenvalue weighted by molar-refractivity contribution is 6.01. The number of fused-ring (bicyclic) bond motifs is 1. The molecule has 2 atom stereocenters. The van der Waals surface area contributed by atoms with Crippen molar-refractivity contribution in [2.75, 3.05) is 40.8 Å². The molecule has 0 amide bonds. The zero-order valence-corrected chi connectivity index (χ0v) is 24.6. The van der Waals surface area contributed by atoms with E-state index in [0.29, 0.717) is 5.92 Å². The molecule has 0 N–H and O–H groups in total. The Kier molecular flexibility index (Phi) is 10.2. The minimum Gasteiger partial charge on any atom is -0.378 e. The molecule has 0 spiro atoms. The number of amidine groups is 1. The summed E-state index contributed by atoms with van der Waals surface area (Å²) in [5.74, 6) is 1.76. The van der Waals surface area contributed by atoms with Gasteiger partial charge in [-0.1, -0.05) is 39.5 Å². The third kappa shape index (κ3) is 7.15. The van der Waals surface area contributed by atoms with E-state index in [9.17, 15) is 0 Å². The Bertz CT molecular complexity index is 1080. The first-order chi connectivity index (χ1) is 17.7. The van der Waals surface area contributed by atoms with Crippen molar-refractivity contribution in [3.05, 3.63) is 65.0 Å². The molecule has 3 rings (SSSR count). The van der Waals surface area contributed by atoms with Gasteiger partial charge in [0.25, 0.3) is 0 Å². The number of aryl methyl sites for hydroxylation is 2. The standard InChI is InChI=1S/C32H49N5/c1-10-27-14-15-28-13-12-17-35(8)25(5)20-32(37-18-16-23(3)22-37)34-24(4)19-30(33-7)31(11-2)36(9)26(6)29(28)21-27/h14-15,19-21,23,31H,6,10-13,16-18,22H2,1-5,7-9H3/b24-19+,25-20+,33-30+,34-32+/t23-,31?/m0/s1. The Morgan fingerprint density at radius 2 is 1.86 bits per heavy atom. The van der Waals surface area contributed by atoms with Crippen LogP contribution in [0.2, 0.25) is 0 Å². The van der Waals surface area contributed by atoms with Crippen molar-refractivity contribution in [1.82, 2.24) is 14.7 Å². The van der Waals surface area contributed by atoms with E-state index in [1.807, 2.05) is 7.05 Å². The van der Waals surface area contributed by atoms with Crippen LogP contribution in [0.15, 0.2) is 58.3 Å². The van der Waals surface area contributed by atoms with Gasteiger partial charge in [0.1, 0.15) is 5.84 Å². The summed E-state index contributed by atoms with van der Waals surface area (Å²) in [5.41, 5.74) is 8.34. The van der Waals surface area contributed by atoms with Crippen molar-refractivity contribution in [2.45, 2.75) is 72.8 Å². The molecular weight excluding hydrogens is 454 g/mol. The zero-order valence-electron chi connectivity index (χ0n) is 24.6. The van der Waals surface area contributed by atoms with Gasteiger partial charge in [0.2, 0.25) is 0 Å². The highest BCUT2D eigenvalue weighted by atomic mass is 15.2. The average molecular weight is 504 g/mol. The lowest BCUT2D eigenvalue weighted by Gasteiger charge is -2.32. The number of nitrogens with zero attached hydrogens (tertiary/aromatic N) is 5. The molecule has 202 valence electrons. The highest BCUT2D eigenvalue weighted by Crippen LogP contribution is 2.27. The molecule has 2 aliphatic rings. The fourth-order valence-corrected chi connectivity index (χ4v) is 5.44. The van der Waals surface area contributed by atoms with Crippen LogP contribution in [-0.2, 0) is 12.8 Å². The van der Waals surface area contributed by atoms with Crippen LogP contribution in [0.1, 0.15) is 70.6 Å². The van der Waals surface area contributed by atoms with Crippen molar-refractivity contribution >= 4 is 17.2 Å². The average Bonchev–Trinajstić information content (AvgIpc) is 3.33. The molecule has 5 nitrogen and oxygen atoms in total. The number of aliphatic imine (C=N–C) groups is 2. The first-order valence-electron chi connectivity index (χ1n) is 14.1. The van der Waals surface area contributed by atoms with Gasteiger partial charge in [-0.25, -0.2) is 4.99 Å². The van der Waals surface area contributed by atoms with E-state index in [1.54, 1.807) is 0 Å². The summed E-state index contributed by atoms with van der Waals surface area (Å²) in [6, 6.07) is 7.07. The van der Waals surface area contributed by atoms with Crippen LogP contribution >= 0.6 is 0 Å². The lowest BCUT2D eigenvalue weighted by atomic mass is 9.95. The number of likely N-dealkylation sites (tertiary alicyclic amines) is 1. The molecule has 1 aromatic rings. The highest BCUT2D eigenvalue weighted by Gasteiger charge is 2.23. The number of hydrogen-bond donors (Lipinski definition) is 0. The van der Waals surface area contributed by atoms with Gasteiger partial charge in [-0.3, -0.25) is 4.99 Å². The summed E-state index contributed by atoms with van der Waals surface area (Å²) in [6.07, 6.45) is 9.74. The third-order valence-corrected chi connectivity index (χ3v) is 8.05. The molecule has 1 fully saturated rings. The third-order valence-electron chi connectivity index (χ3n) is 8.05. The summed E-state index contributed by atoms with van der Waals surface area (Å²) in [7, 11) is 6.26. The molecule has 0 saturated carbocycles. The molecule has 0 bridgehead atoms. The van der Waals surface area contributed by atoms with Crippen LogP contribution in [0.25, 0.3) is 5.70 Å². The van der Waals surface area contributed by atoms with Crippen LogP contribution < -0.4 is 0 Å². The zero-order chi connectivity index (χ0) is 27.1. The first kappa shape index (κ1) is 28.7. The molecule has 0 aromatic heterocycles. The predicted octanol–water partition coefficient (Wildman–Crippen LogP) is 6.43. The predicted molar refractivity (Wildman–Crippen MR) is 161 cm³/mol. The van der Waals surface area contributed by atoms with E-state index >= 15 is 0 Å². The van der Waals surface area contributed by atoms with Crippen molar-refractivity contribution in [1.29, 1.82) is 0 Å². The lowest BCUT2D eigenvalue weighted by Crippen LogP contribution is -2.36. The topological polar surface area (TPSA) is 34.4 Å². The summed E-state index contributed by atoms with van der Waals surface area (Å²) in [6.45, 7) is 18.8. The Morgan fingerprint density at radius 3 is 2.49 bits per heavy atom. The quantitative estimate of drug-likeness (QED) is 0.467. The monoisotopic (exact) mass is 503 g/mol. The smallest absolute Gasteiger partial charge is 0.130 e. The van der Waals surface area contributed by atoms with Crippen LogP contribution in [0.5, 0.6) is 0 Å². The van der Waals surface area contributed by atoms with Gasteiger partial charge in [-0.15, -0.1) is 0 Å². The Morgan fingerprint density at radius 1 is 1.11 bits per heavy atom. The van der Waals surface area contributed by atoms with Crippen molar-refractivity contribution < 1.29 is 0 Å². The maximum absolute atomic E-state index is 5.16. The fourth-order valence-electron chi connectivity index (χ4n) is 5.44. The minimum absolute atomic E-state index is 0.132. The molecule has 0 radical (unpaired) electrons. The summed E-state index contributed by atoms with van der Waals surface area (Å²) in [4.78, 5) is 17.0. The van der Waals surface area contributed by atoms with Crippen molar-refractivity contribution in [3.63, 3.8) is 0 Å². The van der Waals surface area contributed by atoms with Crippen LogP contribution in [0, 0.1) is 5.92 Å². The molecule has 1 saturated heterocycles. The molecule has 1 unspecified atom stereocenters. The molecule has 1 aromatic carbocycles. The molecule has 0 aliphatic carbocycles. The van der Waals surface area contributed by atoms with Crippen LogP contribution in [-0.4, -0.2) is 73.1 Å². The Hall–Kier alpha value is -2.82. The van der Waals surface area contributed by atoms with Gasteiger partial charge in [-0.2, -0.15) is 0 Å². The van der Waals surface area contributed by atoms with E-state index in [2.05, 4.69) is 100 Å².